The van der Waals surface area contributed by atoms with Crippen molar-refractivity contribution >= 4 is 23.3 Å². The van der Waals surface area contributed by atoms with Gasteiger partial charge in [0.25, 0.3) is 5.56 Å². The zero-order valence-corrected chi connectivity index (χ0v) is 15.5. The van der Waals surface area contributed by atoms with Gasteiger partial charge in [0.1, 0.15) is 11.5 Å². The van der Waals surface area contributed by atoms with E-state index in [0.717, 1.165) is 16.5 Å². The number of hydrogen-bond acceptors (Lipinski definition) is 6. The fourth-order valence-electron chi connectivity index (χ4n) is 2.63. The quantitative estimate of drug-likeness (QED) is 0.627. The molecule has 136 valence electrons. The standard InChI is InChI=1S/C17H20N6O2S/c1-3-22-15(7-5-13(18)24)20-21-17(22)26-10-12-8-16(25)23-9-11(2)4-6-14(23)19-12/h4,6,8-9H,3,5,7,10H2,1-2H3,(H2,18,24). The fraction of sp³-hybridized carbons (Fsp3) is 0.353. The second-order valence-corrected chi connectivity index (χ2v) is 6.86. The van der Waals surface area contributed by atoms with Crippen LogP contribution >= 0.6 is 11.8 Å². The Morgan fingerprint density at radius 1 is 1.31 bits per heavy atom. The monoisotopic (exact) mass is 372 g/mol. The summed E-state index contributed by atoms with van der Waals surface area (Å²) in [5.74, 6) is 0.879. The van der Waals surface area contributed by atoms with Crippen molar-refractivity contribution in [3.8, 4) is 0 Å². The van der Waals surface area contributed by atoms with E-state index in [0.29, 0.717) is 30.1 Å². The Hall–Kier alpha value is -2.68. The van der Waals surface area contributed by atoms with Crippen molar-refractivity contribution in [2.45, 2.75) is 44.1 Å². The van der Waals surface area contributed by atoms with Crippen LogP contribution in [0.25, 0.3) is 5.65 Å². The summed E-state index contributed by atoms with van der Waals surface area (Å²) in [4.78, 5) is 27.8. The van der Waals surface area contributed by atoms with Crippen LogP contribution in [-0.4, -0.2) is 30.1 Å². The van der Waals surface area contributed by atoms with E-state index in [1.807, 2.05) is 30.5 Å². The number of amides is 1. The van der Waals surface area contributed by atoms with Gasteiger partial charge < -0.3 is 10.3 Å². The summed E-state index contributed by atoms with van der Waals surface area (Å²) in [6, 6.07) is 5.30. The Kier molecular flexibility index (Phi) is 5.36. The predicted octanol–water partition coefficient (Wildman–Crippen LogP) is 1.32. The van der Waals surface area contributed by atoms with Crippen LogP contribution in [0.1, 0.15) is 30.4 Å². The third-order valence-electron chi connectivity index (χ3n) is 3.91. The molecule has 3 heterocycles. The Balaban J connectivity index is 1.79. The Morgan fingerprint density at radius 2 is 2.12 bits per heavy atom. The number of carbonyl (C=O) groups is 1. The third kappa shape index (κ3) is 3.93. The van der Waals surface area contributed by atoms with E-state index in [9.17, 15) is 9.59 Å². The third-order valence-corrected chi connectivity index (χ3v) is 4.91. The number of primary amides is 1. The zero-order chi connectivity index (χ0) is 18.7. The molecule has 0 saturated heterocycles. The molecular formula is C17H20N6O2S. The predicted molar refractivity (Wildman–Crippen MR) is 99.0 cm³/mol. The molecule has 0 radical (unpaired) electrons. The maximum Gasteiger partial charge on any atom is 0.258 e. The number of aryl methyl sites for hydroxylation is 2. The molecule has 26 heavy (non-hydrogen) atoms. The van der Waals surface area contributed by atoms with Crippen LogP contribution in [0.3, 0.4) is 0 Å². The number of aromatic nitrogens is 5. The highest BCUT2D eigenvalue weighted by molar-refractivity contribution is 7.98. The van der Waals surface area contributed by atoms with Gasteiger partial charge in [0.05, 0.1) is 5.69 Å². The average Bonchev–Trinajstić information content (AvgIpc) is 3.00. The maximum atomic E-state index is 12.3. The first-order valence-corrected chi connectivity index (χ1v) is 9.28. The minimum absolute atomic E-state index is 0.103. The van der Waals surface area contributed by atoms with Gasteiger partial charge in [0, 0.05) is 37.4 Å². The molecular weight excluding hydrogens is 352 g/mol. The van der Waals surface area contributed by atoms with Crippen molar-refractivity contribution in [2.75, 3.05) is 0 Å². The Morgan fingerprint density at radius 3 is 2.85 bits per heavy atom. The van der Waals surface area contributed by atoms with Gasteiger partial charge in [-0.1, -0.05) is 17.8 Å². The highest BCUT2D eigenvalue weighted by atomic mass is 32.2. The number of carbonyl (C=O) groups excluding carboxylic acids is 1. The fourth-order valence-corrected chi connectivity index (χ4v) is 3.55. The second-order valence-electron chi connectivity index (χ2n) is 5.92. The van der Waals surface area contributed by atoms with Crippen LogP contribution in [0.15, 0.2) is 34.3 Å². The molecule has 0 aromatic carbocycles. The van der Waals surface area contributed by atoms with Gasteiger partial charge in [0.15, 0.2) is 5.16 Å². The largest absolute Gasteiger partial charge is 0.370 e. The second kappa shape index (κ2) is 7.69. The van der Waals surface area contributed by atoms with Gasteiger partial charge in [-0.3, -0.25) is 14.0 Å². The van der Waals surface area contributed by atoms with Gasteiger partial charge in [0.2, 0.25) is 5.91 Å². The topological polar surface area (TPSA) is 108 Å². The summed E-state index contributed by atoms with van der Waals surface area (Å²) in [5.41, 5.74) is 7.41. The summed E-state index contributed by atoms with van der Waals surface area (Å²) < 4.78 is 3.49. The summed E-state index contributed by atoms with van der Waals surface area (Å²) in [6.07, 6.45) is 2.48. The van der Waals surface area contributed by atoms with Gasteiger partial charge >= 0.3 is 0 Å². The van der Waals surface area contributed by atoms with Crippen molar-refractivity contribution in [2.24, 2.45) is 5.73 Å². The van der Waals surface area contributed by atoms with Crippen LogP contribution in [0.4, 0.5) is 0 Å². The van der Waals surface area contributed by atoms with E-state index >= 15 is 0 Å². The molecule has 3 aromatic rings. The van der Waals surface area contributed by atoms with Crippen LogP contribution in [0, 0.1) is 6.92 Å². The molecule has 0 saturated carbocycles. The number of hydrogen-bond donors (Lipinski definition) is 1. The van der Waals surface area contributed by atoms with Crippen LogP contribution in [0.2, 0.25) is 0 Å². The highest BCUT2D eigenvalue weighted by Gasteiger charge is 2.13. The molecule has 2 N–H and O–H groups in total. The zero-order valence-electron chi connectivity index (χ0n) is 14.7. The van der Waals surface area contributed by atoms with Gasteiger partial charge in [-0.05, 0) is 25.5 Å². The number of pyridine rings is 1. The summed E-state index contributed by atoms with van der Waals surface area (Å²) in [6.45, 7) is 4.61. The molecule has 3 rings (SSSR count). The number of nitrogens with two attached hydrogens (primary N) is 1. The molecule has 3 aromatic heterocycles. The van der Waals surface area contributed by atoms with Gasteiger partial charge in [-0.2, -0.15) is 0 Å². The Bertz CT molecular complexity index is 1010. The normalized spacial score (nSPS) is 11.2. The van der Waals surface area contributed by atoms with Crippen molar-refractivity contribution in [3.63, 3.8) is 0 Å². The minimum Gasteiger partial charge on any atom is -0.370 e. The van der Waals surface area contributed by atoms with E-state index in [2.05, 4.69) is 15.2 Å². The Labute approximate surface area is 154 Å². The summed E-state index contributed by atoms with van der Waals surface area (Å²) in [7, 11) is 0. The first-order chi connectivity index (χ1) is 12.5. The maximum absolute atomic E-state index is 12.3. The number of nitrogens with zero attached hydrogens (tertiary/aromatic N) is 5. The molecule has 0 bridgehead atoms. The van der Waals surface area contributed by atoms with E-state index in [1.165, 1.54) is 11.8 Å². The van der Waals surface area contributed by atoms with Crippen molar-refractivity contribution in [1.29, 1.82) is 0 Å². The van der Waals surface area contributed by atoms with Gasteiger partial charge in [-0.15, -0.1) is 10.2 Å². The number of rotatable bonds is 7. The SMILES string of the molecule is CCn1c(CCC(N)=O)nnc1SCc1cc(=O)n2cc(C)ccc2n1. The molecule has 0 atom stereocenters. The number of fused-ring (bicyclic) bond motifs is 1. The molecule has 0 aliphatic carbocycles. The van der Waals surface area contributed by atoms with Crippen LogP contribution < -0.4 is 11.3 Å². The smallest absolute Gasteiger partial charge is 0.258 e. The lowest BCUT2D eigenvalue weighted by molar-refractivity contribution is -0.118. The minimum atomic E-state index is -0.360. The average molecular weight is 372 g/mol. The molecule has 1 amide bonds. The lowest BCUT2D eigenvalue weighted by Gasteiger charge is -2.07. The van der Waals surface area contributed by atoms with Crippen LogP contribution in [-0.2, 0) is 23.5 Å². The van der Waals surface area contributed by atoms with E-state index < -0.39 is 0 Å². The molecule has 0 spiro atoms. The molecule has 0 unspecified atom stereocenters. The molecule has 0 aliphatic heterocycles. The van der Waals surface area contributed by atoms with Crippen molar-refractivity contribution in [3.05, 3.63) is 51.8 Å². The summed E-state index contributed by atoms with van der Waals surface area (Å²) in [5, 5.41) is 9.07. The molecule has 9 heteroatoms. The van der Waals surface area contributed by atoms with Crippen molar-refractivity contribution < 1.29 is 4.79 Å². The molecule has 0 aliphatic rings. The molecule has 0 fully saturated rings. The number of thioether (sulfide) groups is 1. The van der Waals surface area contributed by atoms with E-state index in [-0.39, 0.29) is 17.9 Å². The first kappa shape index (κ1) is 18.1. The van der Waals surface area contributed by atoms with Gasteiger partial charge in [-0.25, -0.2) is 4.98 Å². The highest BCUT2D eigenvalue weighted by Crippen LogP contribution is 2.21. The first-order valence-electron chi connectivity index (χ1n) is 8.30. The van der Waals surface area contributed by atoms with E-state index in [1.54, 1.807) is 16.7 Å². The van der Waals surface area contributed by atoms with E-state index in [4.69, 9.17) is 5.73 Å². The van der Waals surface area contributed by atoms with Crippen molar-refractivity contribution in [1.82, 2.24) is 24.1 Å². The lowest BCUT2D eigenvalue weighted by atomic mass is 10.3. The lowest BCUT2D eigenvalue weighted by Crippen LogP contribution is -2.15. The molecule has 8 nitrogen and oxygen atoms in total. The van der Waals surface area contributed by atoms with Crippen LogP contribution in [0.5, 0.6) is 0 Å². The summed E-state index contributed by atoms with van der Waals surface area (Å²) >= 11 is 1.46.